The number of fused-ring (bicyclic) bond motifs is 14. The van der Waals surface area contributed by atoms with Gasteiger partial charge in [-0.1, -0.05) is 205 Å². The largest absolute Gasteiger partial charge is 0.311 e. The van der Waals surface area contributed by atoms with Crippen molar-refractivity contribution >= 4 is 99.8 Å². The first-order valence-electron chi connectivity index (χ1n) is 36.6. The van der Waals surface area contributed by atoms with E-state index < -0.39 is 0 Å². The molecule has 0 spiro atoms. The second kappa shape index (κ2) is 19.5. The summed E-state index contributed by atoms with van der Waals surface area (Å²) in [6.07, 6.45) is 11.9. The Bertz CT molecular complexity index is 4900. The lowest BCUT2D eigenvalue weighted by atomic mass is 9.35. The summed E-state index contributed by atoms with van der Waals surface area (Å²) in [4.78, 5) is 5.73. The zero-order chi connectivity index (χ0) is 66.8. The van der Waals surface area contributed by atoms with E-state index in [9.17, 15) is 0 Å². The molecule has 486 valence electrons. The molecule has 1 saturated carbocycles. The molecule has 1 fully saturated rings. The lowest BCUT2D eigenvalue weighted by Gasteiger charge is -2.52. The van der Waals surface area contributed by atoms with Crippen molar-refractivity contribution in [3.05, 3.63) is 189 Å². The summed E-state index contributed by atoms with van der Waals surface area (Å²) in [6, 6.07) is 56.0. The fraction of sp³-hybridized carbons (Fsp3) is 0.444. The number of anilines is 6. The summed E-state index contributed by atoms with van der Waals surface area (Å²) in [5.74, 6) is 0. The van der Waals surface area contributed by atoms with Crippen molar-refractivity contribution in [3.63, 3.8) is 0 Å². The molecule has 95 heavy (non-hydrogen) atoms. The minimum Gasteiger partial charge on any atom is -0.311 e. The highest BCUT2D eigenvalue weighted by molar-refractivity contribution is 7.33. The number of thiophene rings is 1. The van der Waals surface area contributed by atoms with Crippen LogP contribution < -0.4 is 25.5 Å². The van der Waals surface area contributed by atoms with Crippen LogP contribution in [-0.2, 0) is 54.1 Å². The molecule has 2 aliphatic heterocycles. The lowest BCUT2D eigenvalue weighted by molar-refractivity contribution is 0.188. The van der Waals surface area contributed by atoms with Crippen LogP contribution in [0.3, 0.4) is 0 Å². The normalized spacial score (nSPS) is 22.8. The smallest absolute Gasteiger partial charge is 0.264 e. The molecule has 18 rings (SSSR count). The standard InChI is InChI=1S/C90H102BN3S/c1-81(2,3)54-26-29-58-59-30-27-55(82(4,5)6)43-72(59)93(71(58)42-54)57-45-75-78-76(46-57)94(73-50-66-64(85(11,12)34-36-87(66,15)16)47-60(73)53-24-22-21-23-25-53)79-61-48-68-69(90(20)40-38-89(68,19)39-41-90)52-77(61)95-80(79)91(78)70-49-65-67(88(17,18)37-35-86(65,13)14)51-74(70)92(75)56-28-31-62-63(44-56)84(9,10)33-32-83(62,7)8/h21-31,42-52H,32-41H2,1-20H3. The van der Waals surface area contributed by atoms with E-state index in [1.165, 1.54) is 175 Å². The number of nitrogens with zero attached hydrogens (tertiary/aromatic N) is 3. The average molecular weight is 1270 g/mol. The van der Waals surface area contributed by atoms with Crippen molar-refractivity contribution in [1.82, 2.24) is 4.57 Å². The van der Waals surface area contributed by atoms with Gasteiger partial charge >= 0.3 is 0 Å². The zero-order valence-electron chi connectivity index (χ0n) is 61.1. The Labute approximate surface area is 573 Å². The molecule has 2 bridgehead atoms. The molecule has 10 aromatic rings. The zero-order valence-corrected chi connectivity index (χ0v) is 61.9. The molecule has 2 aromatic heterocycles. The van der Waals surface area contributed by atoms with Crippen LogP contribution in [0.1, 0.15) is 258 Å². The van der Waals surface area contributed by atoms with E-state index in [-0.39, 0.29) is 60.9 Å². The Morgan fingerprint density at radius 1 is 0.368 bits per heavy atom. The fourth-order valence-corrected chi connectivity index (χ4v) is 21.0. The maximum Gasteiger partial charge on any atom is 0.264 e. The minimum atomic E-state index is -0.0685. The molecule has 0 saturated heterocycles. The Morgan fingerprint density at radius 2 is 0.832 bits per heavy atom. The van der Waals surface area contributed by atoms with Crippen LogP contribution >= 0.6 is 11.3 Å². The monoisotopic (exact) mass is 1270 g/mol. The van der Waals surface area contributed by atoms with Crippen molar-refractivity contribution in [2.24, 2.45) is 0 Å². The molecular formula is C90H102BN3S. The molecule has 0 unspecified atom stereocenters. The van der Waals surface area contributed by atoms with Crippen molar-refractivity contribution in [3.8, 4) is 16.8 Å². The van der Waals surface area contributed by atoms with E-state index in [0.29, 0.717) is 0 Å². The SMILES string of the molecule is CC(C)(C)c1ccc2c3ccc(C(C)(C)C)cc3n(-c3cc4c5c(c3)N(c3cc6c(cc3-c3ccccc3)C(C)(C)CCC6(C)C)c3c(sc6cc7c(cc36)C3(C)CCC7(C)CC3)B5c3cc5c(cc3N4c3ccc4c(c3)C(C)(C)CCC4(C)C)C(C)(C)CCC5(C)C)c2c1. The molecule has 0 radical (unpaired) electrons. The third-order valence-corrected chi connectivity index (χ3v) is 27.9. The van der Waals surface area contributed by atoms with Crippen molar-refractivity contribution in [1.29, 1.82) is 0 Å². The van der Waals surface area contributed by atoms with Gasteiger partial charge in [0.1, 0.15) is 0 Å². The first kappa shape index (κ1) is 61.8. The molecule has 4 heterocycles. The van der Waals surface area contributed by atoms with Crippen molar-refractivity contribution < 1.29 is 0 Å². The summed E-state index contributed by atoms with van der Waals surface area (Å²) in [7, 11) is 0. The van der Waals surface area contributed by atoms with Crippen LogP contribution in [0.15, 0.2) is 133 Å². The van der Waals surface area contributed by atoms with Crippen LogP contribution in [0.2, 0.25) is 0 Å². The topological polar surface area (TPSA) is 11.4 Å². The Hall–Kier alpha value is -6.82. The molecule has 0 atom stereocenters. The van der Waals surface area contributed by atoms with Crippen LogP contribution in [0.4, 0.5) is 34.1 Å². The number of rotatable bonds is 4. The third kappa shape index (κ3) is 8.86. The molecule has 3 nitrogen and oxygen atoms in total. The van der Waals surface area contributed by atoms with Gasteiger partial charge in [-0.2, -0.15) is 0 Å². The first-order chi connectivity index (χ1) is 44.5. The van der Waals surface area contributed by atoms with Gasteiger partial charge in [0.25, 0.3) is 6.71 Å². The van der Waals surface area contributed by atoms with Gasteiger partial charge in [-0.25, -0.2) is 0 Å². The predicted octanol–water partition coefficient (Wildman–Crippen LogP) is 23.5. The van der Waals surface area contributed by atoms with Gasteiger partial charge in [0.15, 0.2) is 0 Å². The molecule has 0 N–H and O–H groups in total. The van der Waals surface area contributed by atoms with Gasteiger partial charge in [-0.05, 0) is 257 Å². The maximum atomic E-state index is 2.91. The Morgan fingerprint density at radius 3 is 1.36 bits per heavy atom. The van der Waals surface area contributed by atoms with Gasteiger partial charge in [-0.3, -0.25) is 0 Å². The van der Waals surface area contributed by atoms with Gasteiger partial charge in [-0.15, -0.1) is 11.3 Å². The van der Waals surface area contributed by atoms with Crippen LogP contribution in [0, 0.1) is 0 Å². The highest BCUT2D eigenvalue weighted by Crippen LogP contribution is 2.61. The van der Waals surface area contributed by atoms with Crippen molar-refractivity contribution in [2.45, 2.75) is 257 Å². The number of aromatic nitrogens is 1. The van der Waals surface area contributed by atoms with E-state index >= 15 is 0 Å². The second-order valence-electron chi connectivity index (χ2n) is 37.9. The molecule has 8 aliphatic rings. The summed E-state index contributed by atoms with van der Waals surface area (Å²) in [5, 5.41) is 4.01. The summed E-state index contributed by atoms with van der Waals surface area (Å²) in [5.41, 5.74) is 32.1. The van der Waals surface area contributed by atoms with Crippen LogP contribution in [0.25, 0.3) is 48.7 Å². The van der Waals surface area contributed by atoms with Gasteiger partial charge in [0.2, 0.25) is 0 Å². The minimum absolute atomic E-state index is 0.00182. The van der Waals surface area contributed by atoms with E-state index in [0.717, 1.165) is 32.1 Å². The average Bonchev–Trinajstić information content (AvgIpc) is 1.66. The van der Waals surface area contributed by atoms with E-state index in [1.54, 1.807) is 11.1 Å². The van der Waals surface area contributed by atoms with Crippen molar-refractivity contribution in [2.75, 3.05) is 9.80 Å². The molecule has 0 amide bonds. The maximum absolute atomic E-state index is 2.91. The van der Waals surface area contributed by atoms with Gasteiger partial charge < -0.3 is 14.4 Å². The Balaban J connectivity index is 1.09. The molecule has 8 aromatic carbocycles. The molecule has 5 heteroatoms. The highest BCUT2D eigenvalue weighted by Gasteiger charge is 2.52. The second-order valence-corrected chi connectivity index (χ2v) is 39.0. The predicted molar refractivity (Wildman–Crippen MR) is 412 cm³/mol. The molecule has 6 aliphatic carbocycles. The van der Waals surface area contributed by atoms with Crippen LogP contribution in [-0.4, -0.2) is 11.3 Å². The van der Waals surface area contributed by atoms with Crippen LogP contribution in [0.5, 0.6) is 0 Å². The van der Waals surface area contributed by atoms with E-state index in [1.807, 2.05) is 0 Å². The number of hydrogen-bond donors (Lipinski definition) is 0. The molecular weight excluding hydrogens is 1170 g/mol. The van der Waals surface area contributed by atoms with E-state index in [4.69, 9.17) is 0 Å². The highest BCUT2D eigenvalue weighted by atomic mass is 32.1. The number of benzene rings is 8. The first-order valence-corrected chi connectivity index (χ1v) is 37.4. The lowest BCUT2D eigenvalue weighted by Crippen LogP contribution is -2.61. The third-order valence-electron chi connectivity index (χ3n) is 26.7. The van der Waals surface area contributed by atoms with Gasteiger partial charge in [0, 0.05) is 53.9 Å². The van der Waals surface area contributed by atoms with E-state index in [2.05, 4.69) is 298 Å². The summed E-state index contributed by atoms with van der Waals surface area (Å²) < 4.78 is 5.63. The Kier molecular flexibility index (Phi) is 12.7. The summed E-state index contributed by atoms with van der Waals surface area (Å²) >= 11 is 2.13. The van der Waals surface area contributed by atoms with Gasteiger partial charge in [0.05, 0.1) is 28.1 Å². The number of hydrogen-bond acceptors (Lipinski definition) is 3. The fourth-order valence-electron chi connectivity index (χ4n) is 19.7. The summed E-state index contributed by atoms with van der Waals surface area (Å²) in [6.45, 7) is 49.8. The quantitative estimate of drug-likeness (QED) is 0.163.